The number of hydrogen-bond acceptors (Lipinski definition) is 5. The Morgan fingerprint density at radius 3 is 2.83 bits per heavy atom. The van der Waals surface area contributed by atoms with E-state index in [2.05, 4.69) is 9.36 Å². The second-order valence-electron chi connectivity index (χ2n) is 4.14. The number of rotatable bonds is 4. The molecule has 1 atom stereocenters. The zero-order valence-corrected chi connectivity index (χ0v) is 12.6. The van der Waals surface area contributed by atoms with E-state index in [1.807, 2.05) is 32.0 Å². The zero-order valence-electron chi connectivity index (χ0n) is 10.2. The quantitative estimate of drug-likeness (QED) is 0.938. The van der Waals surface area contributed by atoms with E-state index in [-0.39, 0.29) is 6.04 Å². The van der Waals surface area contributed by atoms with Crippen LogP contribution in [0.5, 0.6) is 0 Å². The highest BCUT2D eigenvalue weighted by atomic mass is 35.5. The molecule has 2 N–H and O–H groups in total. The van der Waals surface area contributed by atoms with Gasteiger partial charge in [0.05, 0.1) is 0 Å². The van der Waals surface area contributed by atoms with Gasteiger partial charge in [0, 0.05) is 16.0 Å². The first-order valence-corrected chi connectivity index (χ1v) is 7.53. The van der Waals surface area contributed by atoms with Gasteiger partial charge in [0.1, 0.15) is 5.82 Å². The number of hydrogen-bond donors (Lipinski definition) is 1. The molecule has 1 unspecified atom stereocenters. The number of nitrogens with two attached hydrogens (primary N) is 1. The second kappa shape index (κ2) is 6.02. The molecular formula is C12H14ClN3S2. The Morgan fingerprint density at radius 1 is 1.50 bits per heavy atom. The van der Waals surface area contributed by atoms with E-state index in [1.54, 1.807) is 11.8 Å². The molecule has 96 valence electrons. The van der Waals surface area contributed by atoms with Gasteiger partial charge in [-0.25, -0.2) is 4.98 Å². The van der Waals surface area contributed by atoms with Crippen LogP contribution in [-0.2, 0) is 6.42 Å². The van der Waals surface area contributed by atoms with Crippen molar-refractivity contribution in [2.45, 2.75) is 35.5 Å². The third-order valence-corrected chi connectivity index (χ3v) is 4.46. The van der Waals surface area contributed by atoms with Gasteiger partial charge in [-0.1, -0.05) is 29.4 Å². The summed E-state index contributed by atoms with van der Waals surface area (Å²) in [5, 5.41) is 0.763. The summed E-state index contributed by atoms with van der Waals surface area (Å²) in [4.78, 5) is 5.39. The highest BCUT2D eigenvalue weighted by molar-refractivity contribution is 8.01. The van der Waals surface area contributed by atoms with Crippen molar-refractivity contribution in [3.63, 3.8) is 0 Å². The van der Waals surface area contributed by atoms with Crippen LogP contribution < -0.4 is 5.73 Å². The van der Waals surface area contributed by atoms with Gasteiger partial charge >= 0.3 is 0 Å². The van der Waals surface area contributed by atoms with Gasteiger partial charge in [-0.3, -0.25) is 0 Å². The minimum absolute atomic E-state index is 0.117. The first-order chi connectivity index (χ1) is 8.54. The molecule has 0 saturated carbocycles. The summed E-state index contributed by atoms with van der Waals surface area (Å²) >= 11 is 9.23. The maximum Gasteiger partial charge on any atom is 0.174 e. The van der Waals surface area contributed by atoms with Gasteiger partial charge in [-0.15, -0.1) is 0 Å². The van der Waals surface area contributed by atoms with E-state index in [4.69, 9.17) is 17.3 Å². The molecule has 18 heavy (non-hydrogen) atoms. The molecular weight excluding hydrogens is 286 g/mol. The Bertz CT molecular complexity index is 540. The summed E-state index contributed by atoms with van der Waals surface area (Å²) in [7, 11) is 0. The molecule has 0 amide bonds. The summed E-state index contributed by atoms with van der Waals surface area (Å²) in [6.07, 6.45) is 0.793. The molecule has 6 heteroatoms. The average molecular weight is 300 g/mol. The average Bonchev–Trinajstić information content (AvgIpc) is 2.68. The van der Waals surface area contributed by atoms with Crippen LogP contribution in [0.25, 0.3) is 0 Å². The van der Waals surface area contributed by atoms with Crippen molar-refractivity contribution in [3.05, 3.63) is 34.6 Å². The monoisotopic (exact) mass is 299 g/mol. The predicted octanol–water partition coefficient (Wildman–Crippen LogP) is 3.54. The summed E-state index contributed by atoms with van der Waals surface area (Å²) in [5.41, 5.74) is 6.86. The number of nitrogens with zero attached hydrogens (tertiary/aromatic N) is 2. The van der Waals surface area contributed by atoms with Crippen molar-refractivity contribution >= 4 is 34.9 Å². The number of aromatic nitrogens is 2. The van der Waals surface area contributed by atoms with E-state index in [9.17, 15) is 0 Å². The Kier molecular flexibility index (Phi) is 4.61. The van der Waals surface area contributed by atoms with Crippen molar-refractivity contribution in [2.24, 2.45) is 5.73 Å². The number of benzene rings is 1. The minimum Gasteiger partial charge on any atom is -0.328 e. The molecule has 0 aliphatic heterocycles. The van der Waals surface area contributed by atoms with Gasteiger partial charge in [-0.2, -0.15) is 4.37 Å². The summed E-state index contributed by atoms with van der Waals surface area (Å²) in [5.74, 6) is 0.808. The fourth-order valence-electron chi connectivity index (χ4n) is 1.52. The molecule has 1 heterocycles. The Labute approximate surface area is 120 Å². The Morgan fingerprint density at radius 2 is 2.28 bits per heavy atom. The van der Waals surface area contributed by atoms with Crippen molar-refractivity contribution in [1.29, 1.82) is 0 Å². The molecule has 0 aliphatic rings. The van der Waals surface area contributed by atoms with Crippen LogP contribution in [0.2, 0.25) is 5.02 Å². The Balaban J connectivity index is 2.13. The molecule has 3 nitrogen and oxygen atoms in total. The number of halogens is 1. The van der Waals surface area contributed by atoms with Gasteiger partial charge in [0.2, 0.25) is 0 Å². The van der Waals surface area contributed by atoms with E-state index in [0.717, 1.165) is 32.1 Å². The molecule has 1 aromatic heterocycles. The molecule has 2 rings (SSSR count). The van der Waals surface area contributed by atoms with Crippen molar-refractivity contribution < 1.29 is 0 Å². The van der Waals surface area contributed by atoms with Gasteiger partial charge in [0.15, 0.2) is 4.34 Å². The highest BCUT2D eigenvalue weighted by Crippen LogP contribution is 2.32. The van der Waals surface area contributed by atoms with E-state index >= 15 is 0 Å². The van der Waals surface area contributed by atoms with Crippen molar-refractivity contribution in [1.82, 2.24) is 9.36 Å². The maximum atomic E-state index is 6.24. The summed E-state index contributed by atoms with van der Waals surface area (Å²) in [6, 6.07) is 6.15. The lowest BCUT2D eigenvalue weighted by atomic mass is 10.1. The largest absolute Gasteiger partial charge is 0.328 e. The van der Waals surface area contributed by atoms with E-state index < -0.39 is 0 Å². The first-order valence-electron chi connectivity index (χ1n) is 5.57. The fraction of sp³-hybridized carbons (Fsp3) is 0.333. The summed E-state index contributed by atoms with van der Waals surface area (Å²) < 4.78 is 5.09. The fourth-order valence-corrected chi connectivity index (χ4v) is 3.51. The number of aryl methyl sites for hydroxylation is 1. The maximum absolute atomic E-state index is 6.24. The molecule has 0 spiro atoms. The molecule has 0 aliphatic carbocycles. The standard InChI is InChI=1S/C12H14ClN3S2/c1-7(14)5-9-3-4-10(6-11(9)13)17-12-15-8(2)16-18-12/h3-4,6-7H,5,14H2,1-2H3. The lowest BCUT2D eigenvalue weighted by Crippen LogP contribution is -2.17. The SMILES string of the molecule is Cc1nsc(Sc2ccc(CC(C)N)c(Cl)c2)n1. The highest BCUT2D eigenvalue weighted by Gasteiger charge is 2.07. The van der Waals surface area contributed by atoms with Crippen LogP contribution in [0, 0.1) is 6.92 Å². The third-order valence-electron chi connectivity index (χ3n) is 2.28. The van der Waals surface area contributed by atoms with E-state index in [1.165, 1.54) is 11.5 Å². The second-order valence-corrected chi connectivity index (χ2v) is 6.62. The van der Waals surface area contributed by atoms with Crippen LogP contribution in [0.3, 0.4) is 0 Å². The summed E-state index contributed by atoms with van der Waals surface area (Å²) in [6.45, 7) is 3.86. The van der Waals surface area contributed by atoms with Gasteiger partial charge in [0.25, 0.3) is 0 Å². The zero-order chi connectivity index (χ0) is 13.1. The molecule has 1 aromatic carbocycles. The third kappa shape index (κ3) is 3.68. The molecule has 0 saturated heterocycles. The Hall–Kier alpha value is -0.620. The molecule has 2 aromatic rings. The minimum atomic E-state index is 0.117. The van der Waals surface area contributed by atoms with Crippen LogP contribution in [0.1, 0.15) is 18.3 Å². The predicted molar refractivity (Wildman–Crippen MR) is 77.6 cm³/mol. The lowest BCUT2D eigenvalue weighted by molar-refractivity contribution is 0.738. The molecule has 0 radical (unpaired) electrons. The van der Waals surface area contributed by atoms with Crippen LogP contribution >= 0.6 is 34.9 Å². The van der Waals surface area contributed by atoms with Crippen LogP contribution in [0.4, 0.5) is 0 Å². The van der Waals surface area contributed by atoms with Crippen molar-refractivity contribution in [2.75, 3.05) is 0 Å². The first kappa shape index (κ1) is 13.8. The van der Waals surface area contributed by atoms with Crippen LogP contribution in [-0.4, -0.2) is 15.4 Å². The molecule has 0 fully saturated rings. The normalized spacial score (nSPS) is 12.7. The van der Waals surface area contributed by atoms with Gasteiger partial charge < -0.3 is 5.73 Å². The molecule has 0 bridgehead atoms. The smallest absolute Gasteiger partial charge is 0.174 e. The lowest BCUT2D eigenvalue weighted by Gasteiger charge is -2.08. The topological polar surface area (TPSA) is 51.8 Å². The van der Waals surface area contributed by atoms with Gasteiger partial charge in [-0.05, 0) is 49.5 Å². The van der Waals surface area contributed by atoms with Crippen molar-refractivity contribution in [3.8, 4) is 0 Å². The van der Waals surface area contributed by atoms with E-state index in [0.29, 0.717) is 0 Å². The van der Waals surface area contributed by atoms with Crippen LogP contribution in [0.15, 0.2) is 27.4 Å².